The molecular weight excluding hydrogens is 328 g/mol. The van der Waals surface area contributed by atoms with Gasteiger partial charge in [0, 0.05) is 32.3 Å². The predicted octanol–water partition coefficient (Wildman–Crippen LogP) is 3.05. The maximum Gasteiger partial charge on any atom is 0.257 e. The van der Waals surface area contributed by atoms with Crippen molar-refractivity contribution in [3.63, 3.8) is 0 Å². The van der Waals surface area contributed by atoms with Gasteiger partial charge in [-0.25, -0.2) is 0 Å². The number of nitrogens with zero attached hydrogens (tertiary/aromatic N) is 2. The van der Waals surface area contributed by atoms with Crippen molar-refractivity contribution in [2.45, 2.75) is 39.2 Å². The summed E-state index contributed by atoms with van der Waals surface area (Å²) in [6.45, 7) is 9.85. The quantitative estimate of drug-likeness (QED) is 0.668. The zero-order valence-corrected chi connectivity index (χ0v) is 16.2. The van der Waals surface area contributed by atoms with Crippen LogP contribution in [0.4, 0.5) is 0 Å². The minimum Gasteiger partial charge on any atom is -0.490 e. The van der Waals surface area contributed by atoms with E-state index in [0.29, 0.717) is 43.1 Å². The highest BCUT2D eigenvalue weighted by molar-refractivity contribution is 5.97. The lowest BCUT2D eigenvalue weighted by Crippen LogP contribution is -2.44. The molecule has 3 heterocycles. The molecule has 2 atom stereocenters. The van der Waals surface area contributed by atoms with Crippen LogP contribution in [0.15, 0.2) is 24.3 Å². The van der Waals surface area contributed by atoms with Gasteiger partial charge in [-0.2, -0.15) is 0 Å². The molecule has 2 bridgehead atoms. The number of carbonyl (C=O) groups excluding carboxylic acids is 1. The lowest BCUT2D eigenvalue weighted by molar-refractivity contribution is 0.0728. The number of piperidine rings is 1. The SMILES string of the molecule is CCCN1C[C@@H]2CC[C@H]1CN(C(=O)c1ccccc1OCCOCC)C2. The third-order valence-electron chi connectivity index (χ3n) is 5.43. The smallest absolute Gasteiger partial charge is 0.257 e. The van der Waals surface area contributed by atoms with E-state index in [-0.39, 0.29) is 5.91 Å². The van der Waals surface area contributed by atoms with Crippen molar-refractivity contribution in [3.8, 4) is 5.75 Å². The largest absolute Gasteiger partial charge is 0.490 e. The lowest BCUT2D eigenvalue weighted by Gasteiger charge is -2.35. The summed E-state index contributed by atoms with van der Waals surface area (Å²) in [6, 6.07) is 8.10. The van der Waals surface area contributed by atoms with Crippen LogP contribution in [0, 0.1) is 5.92 Å². The minimum absolute atomic E-state index is 0.104. The molecule has 0 aliphatic carbocycles. The Balaban J connectivity index is 1.69. The van der Waals surface area contributed by atoms with E-state index in [1.807, 2.05) is 31.2 Å². The molecule has 0 N–H and O–H groups in total. The van der Waals surface area contributed by atoms with Crippen molar-refractivity contribution in [1.29, 1.82) is 0 Å². The molecule has 26 heavy (non-hydrogen) atoms. The van der Waals surface area contributed by atoms with Gasteiger partial charge in [0.2, 0.25) is 0 Å². The molecule has 0 aromatic heterocycles. The minimum atomic E-state index is 0.104. The first-order valence-corrected chi connectivity index (χ1v) is 10.1. The summed E-state index contributed by atoms with van der Waals surface area (Å²) in [6.07, 6.45) is 3.62. The average Bonchev–Trinajstić information content (AvgIpc) is 2.97. The molecule has 5 nitrogen and oxygen atoms in total. The Bertz CT molecular complexity index is 592. The van der Waals surface area contributed by atoms with E-state index in [2.05, 4.69) is 16.7 Å². The summed E-state index contributed by atoms with van der Waals surface area (Å²) >= 11 is 0. The van der Waals surface area contributed by atoms with Gasteiger partial charge < -0.3 is 14.4 Å². The first-order chi connectivity index (χ1) is 12.7. The Morgan fingerprint density at radius 2 is 1.96 bits per heavy atom. The zero-order valence-electron chi connectivity index (χ0n) is 16.2. The fourth-order valence-electron chi connectivity index (χ4n) is 4.20. The number of benzene rings is 1. The van der Waals surface area contributed by atoms with Crippen molar-refractivity contribution in [2.24, 2.45) is 5.92 Å². The standard InChI is InChI=1S/C21H32N2O3/c1-3-11-22-14-17-9-10-18(22)16-23(15-17)21(24)19-7-5-6-8-20(19)26-13-12-25-4-2/h5-8,17-18H,3-4,9-16H2,1-2H3/t17-,18-/m0/s1. The Morgan fingerprint density at radius 3 is 2.77 bits per heavy atom. The first-order valence-electron chi connectivity index (χ1n) is 10.1. The van der Waals surface area contributed by atoms with Crippen molar-refractivity contribution in [2.75, 3.05) is 46.0 Å². The van der Waals surface area contributed by atoms with Crippen LogP contribution in [0.3, 0.4) is 0 Å². The van der Waals surface area contributed by atoms with Crippen LogP contribution < -0.4 is 4.74 Å². The van der Waals surface area contributed by atoms with Crippen molar-refractivity contribution in [3.05, 3.63) is 29.8 Å². The Morgan fingerprint density at radius 1 is 1.12 bits per heavy atom. The predicted molar refractivity (Wildman–Crippen MR) is 103 cm³/mol. The van der Waals surface area contributed by atoms with Crippen LogP contribution in [-0.4, -0.2) is 67.7 Å². The highest BCUT2D eigenvalue weighted by Crippen LogP contribution is 2.30. The highest BCUT2D eigenvalue weighted by Gasteiger charge is 2.36. The normalized spacial score (nSPS) is 23.1. The summed E-state index contributed by atoms with van der Waals surface area (Å²) < 4.78 is 11.2. The molecule has 1 aromatic rings. The van der Waals surface area contributed by atoms with Gasteiger partial charge in [-0.05, 0) is 50.8 Å². The van der Waals surface area contributed by atoms with Gasteiger partial charge in [0.25, 0.3) is 5.91 Å². The van der Waals surface area contributed by atoms with Crippen molar-refractivity contribution < 1.29 is 14.3 Å². The molecule has 3 aliphatic heterocycles. The molecule has 0 unspecified atom stereocenters. The van der Waals surface area contributed by atoms with Gasteiger partial charge in [-0.1, -0.05) is 19.1 Å². The molecule has 0 saturated carbocycles. The Labute approximate surface area is 157 Å². The van der Waals surface area contributed by atoms with E-state index in [1.54, 1.807) is 0 Å². The maximum absolute atomic E-state index is 13.2. The summed E-state index contributed by atoms with van der Waals surface area (Å²) in [5.41, 5.74) is 0.673. The fourth-order valence-corrected chi connectivity index (χ4v) is 4.20. The van der Waals surface area contributed by atoms with Gasteiger partial charge in [-0.3, -0.25) is 9.69 Å². The second kappa shape index (κ2) is 9.38. The molecule has 144 valence electrons. The van der Waals surface area contributed by atoms with Gasteiger partial charge in [0.1, 0.15) is 12.4 Å². The Kier molecular flexibility index (Phi) is 6.92. The van der Waals surface area contributed by atoms with Crippen LogP contribution in [0.25, 0.3) is 0 Å². The van der Waals surface area contributed by atoms with Gasteiger partial charge >= 0.3 is 0 Å². The lowest BCUT2D eigenvalue weighted by atomic mass is 9.95. The van der Waals surface area contributed by atoms with Crippen LogP contribution in [-0.2, 0) is 4.74 Å². The molecule has 1 amide bonds. The third kappa shape index (κ3) is 4.57. The van der Waals surface area contributed by atoms with Crippen LogP contribution >= 0.6 is 0 Å². The number of amides is 1. The van der Waals surface area contributed by atoms with E-state index < -0.39 is 0 Å². The van der Waals surface area contributed by atoms with E-state index in [1.165, 1.54) is 19.3 Å². The number of para-hydroxylation sites is 1. The third-order valence-corrected chi connectivity index (χ3v) is 5.43. The monoisotopic (exact) mass is 360 g/mol. The summed E-state index contributed by atoms with van der Waals surface area (Å²) in [4.78, 5) is 17.9. The zero-order chi connectivity index (χ0) is 18.4. The van der Waals surface area contributed by atoms with E-state index in [0.717, 1.165) is 26.2 Å². The molecule has 0 radical (unpaired) electrons. The average molecular weight is 360 g/mol. The second-order valence-corrected chi connectivity index (χ2v) is 7.34. The van der Waals surface area contributed by atoms with Crippen molar-refractivity contribution in [1.82, 2.24) is 9.80 Å². The molecule has 0 spiro atoms. The van der Waals surface area contributed by atoms with E-state index in [9.17, 15) is 4.79 Å². The van der Waals surface area contributed by atoms with Gasteiger partial charge in [-0.15, -0.1) is 0 Å². The number of hydrogen-bond acceptors (Lipinski definition) is 4. The number of ether oxygens (including phenoxy) is 2. The van der Waals surface area contributed by atoms with Crippen LogP contribution in [0.5, 0.6) is 5.75 Å². The number of carbonyl (C=O) groups is 1. The maximum atomic E-state index is 13.2. The molecule has 3 saturated heterocycles. The molecule has 4 rings (SSSR count). The second-order valence-electron chi connectivity index (χ2n) is 7.34. The molecule has 3 fully saturated rings. The van der Waals surface area contributed by atoms with Crippen LogP contribution in [0.2, 0.25) is 0 Å². The van der Waals surface area contributed by atoms with E-state index >= 15 is 0 Å². The molecular formula is C21H32N2O3. The summed E-state index contributed by atoms with van der Waals surface area (Å²) in [5, 5.41) is 0. The van der Waals surface area contributed by atoms with Gasteiger partial charge in [0.15, 0.2) is 0 Å². The Hall–Kier alpha value is -1.59. The summed E-state index contributed by atoms with van der Waals surface area (Å²) in [5.74, 6) is 1.36. The molecule has 5 heteroatoms. The van der Waals surface area contributed by atoms with Crippen LogP contribution in [0.1, 0.15) is 43.5 Å². The molecule has 3 aliphatic rings. The highest BCUT2D eigenvalue weighted by atomic mass is 16.5. The molecule has 1 aromatic carbocycles. The topological polar surface area (TPSA) is 42.0 Å². The first kappa shape index (κ1) is 19.2. The fraction of sp³-hybridized carbons (Fsp3) is 0.667. The summed E-state index contributed by atoms with van der Waals surface area (Å²) in [7, 11) is 0. The number of hydrogen-bond donors (Lipinski definition) is 0. The van der Waals surface area contributed by atoms with E-state index in [4.69, 9.17) is 9.47 Å². The van der Waals surface area contributed by atoms with Gasteiger partial charge in [0.05, 0.1) is 12.2 Å². The number of rotatable bonds is 8. The number of fused-ring (bicyclic) bond motifs is 4. The van der Waals surface area contributed by atoms with Crippen molar-refractivity contribution >= 4 is 5.91 Å².